The zero-order valence-electron chi connectivity index (χ0n) is 7.34. The molecule has 0 spiro atoms. The zero-order chi connectivity index (χ0) is 9.40. The quantitative estimate of drug-likeness (QED) is 0.347. The second kappa shape index (κ2) is 6.39. The van der Waals surface area contributed by atoms with Crippen molar-refractivity contribution in [1.29, 1.82) is 5.41 Å². The van der Waals surface area contributed by atoms with Gasteiger partial charge in [0.05, 0.1) is 6.34 Å². The van der Waals surface area contributed by atoms with Gasteiger partial charge in [-0.25, -0.2) is 0 Å². The van der Waals surface area contributed by atoms with Crippen LogP contribution in [0.5, 0.6) is 0 Å². The lowest BCUT2D eigenvalue weighted by Gasteiger charge is -2.12. The largest absolute Gasteiger partial charge is 0.356 e. The predicted octanol–water partition coefficient (Wildman–Crippen LogP) is 0.565. The molecule has 0 aliphatic carbocycles. The van der Waals surface area contributed by atoms with Crippen LogP contribution < -0.4 is 5.32 Å². The first kappa shape index (κ1) is 10.7. The fourth-order valence-corrected chi connectivity index (χ4v) is 0.735. The smallest absolute Gasteiger partial charge is 0.216 e. The van der Waals surface area contributed by atoms with E-state index in [0.29, 0.717) is 13.1 Å². The van der Waals surface area contributed by atoms with E-state index in [-0.39, 0.29) is 5.91 Å². The van der Waals surface area contributed by atoms with Crippen molar-refractivity contribution < 1.29 is 4.79 Å². The van der Waals surface area contributed by atoms with Gasteiger partial charge in [-0.1, -0.05) is 6.58 Å². The SMILES string of the molecule is C=CN(C=N)CCCNC(C)=O. The number of rotatable bonds is 6. The van der Waals surface area contributed by atoms with Crippen LogP contribution in [0.4, 0.5) is 0 Å². The van der Waals surface area contributed by atoms with Crippen molar-refractivity contribution in [3.8, 4) is 0 Å². The van der Waals surface area contributed by atoms with Crippen molar-refractivity contribution in [2.24, 2.45) is 0 Å². The van der Waals surface area contributed by atoms with Crippen molar-refractivity contribution in [1.82, 2.24) is 10.2 Å². The maximum Gasteiger partial charge on any atom is 0.216 e. The fraction of sp³-hybridized carbons (Fsp3) is 0.500. The van der Waals surface area contributed by atoms with Gasteiger partial charge in [-0.3, -0.25) is 10.2 Å². The van der Waals surface area contributed by atoms with Crippen LogP contribution in [-0.4, -0.2) is 30.2 Å². The molecule has 0 fully saturated rings. The molecule has 68 valence electrons. The molecule has 0 radical (unpaired) electrons. The third-order valence-electron chi connectivity index (χ3n) is 1.37. The van der Waals surface area contributed by atoms with Gasteiger partial charge in [-0.15, -0.1) is 0 Å². The Hall–Kier alpha value is -1.32. The minimum absolute atomic E-state index is 0.0185. The molecular formula is C8H15N3O. The average Bonchev–Trinajstić information content (AvgIpc) is 2.04. The second-order valence-electron chi connectivity index (χ2n) is 2.39. The van der Waals surface area contributed by atoms with E-state index in [1.54, 1.807) is 11.1 Å². The first-order valence-electron chi connectivity index (χ1n) is 3.84. The molecule has 2 N–H and O–H groups in total. The fourth-order valence-electron chi connectivity index (χ4n) is 0.735. The molecule has 4 nitrogen and oxygen atoms in total. The van der Waals surface area contributed by atoms with Crippen LogP contribution in [0.1, 0.15) is 13.3 Å². The van der Waals surface area contributed by atoms with Gasteiger partial charge in [0.25, 0.3) is 0 Å². The Balaban J connectivity index is 3.35. The van der Waals surface area contributed by atoms with Gasteiger partial charge in [0, 0.05) is 20.0 Å². The molecule has 0 saturated heterocycles. The monoisotopic (exact) mass is 169 g/mol. The highest BCUT2D eigenvalue weighted by molar-refractivity contribution is 5.72. The Morgan fingerprint density at radius 3 is 2.83 bits per heavy atom. The lowest BCUT2D eigenvalue weighted by Crippen LogP contribution is -2.25. The number of hydrogen-bond donors (Lipinski definition) is 2. The van der Waals surface area contributed by atoms with Gasteiger partial charge < -0.3 is 10.2 Å². The maximum absolute atomic E-state index is 10.4. The number of nitrogens with one attached hydrogen (secondary N) is 2. The standard InChI is InChI=1S/C8H15N3O/c1-3-11(7-9)6-4-5-10-8(2)12/h3,7,9H,1,4-6H2,2H3,(H,10,12). The van der Waals surface area contributed by atoms with Crippen molar-refractivity contribution in [2.75, 3.05) is 13.1 Å². The summed E-state index contributed by atoms with van der Waals surface area (Å²) >= 11 is 0. The van der Waals surface area contributed by atoms with Crippen LogP contribution in [0, 0.1) is 5.41 Å². The Labute approximate surface area is 72.8 Å². The Morgan fingerprint density at radius 2 is 2.42 bits per heavy atom. The van der Waals surface area contributed by atoms with Crippen LogP contribution >= 0.6 is 0 Å². The molecule has 0 aromatic carbocycles. The molecule has 0 bridgehead atoms. The summed E-state index contributed by atoms with van der Waals surface area (Å²) < 4.78 is 0. The molecule has 0 aromatic rings. The zero-order valence-corrected chi connectivity index (χ0v) is 7.34. The van der Waals surface area contributed by atoms with E-state index in [2.05, 4.69) is 11.9 Å². The highest BCUT2D eigenvalue weighted by Crippen LogP contribution is 1.86. The van der Waals surface area contributed by atoms with Gasteiger partial charge in [-0.2, -0.15) is 0 Å². The molecule has 0 heterocycles. The van der Waals surface area contributed by atoms with E-state index in [1.807, 2.05) is 0 Å². The Morgan fingerprint density at radius 1 is 1.75 bits per heavy atom. The van der Waals surface area contributed by atoms with Crippen molar-refractivity contribution in [3.05, 3.63) is 12.8 Å². The second-order valence-corrected chi connectivity index (χ2v) is 2.39. The molecule has 0 atom stereocenters. The lowest BCUT2D eigenvalue weighted by atomic mass is 10.4. The number of carbonyl (C=O) groups excluding carboxylic acids is 1. The summed E-state index contributed by atoms with van der Waals surface area (Å²) in [6, 6.07) is 0. The molecule has 0 saturated carbocycles. The lowest BCUT2D eigenvalue weighted by molar-refractivity contribution is -0.118. The summed E-state index contributed by atoms with van der Waals surface area (Å²) in [5.41, 5.74) is 0. The average molecular weight is 169 g/mol. The number of amides is 1. The minimum atomic E-state index is -0.0185. The number of hydrogen-bond acceptors (Lipinski definition) is 2. The predicted molar refractivity (Wildman–Crippen MR) is 49.0 cm³/mol. The van der Waals surface area contributed by atoms with Gasteiger partial charge >= 0.3 is 0 Å². The number of carbonyl (C=O) groups is 1. The third kappa shape index (κ3) is 5.46. The number of nitrogens with zero attached hydrogens (tertiary/aromatic N) is 1. The van der Waals surface area contributed by atoms with E-state index >= 15 is 0 Å². The highest BCUT2D eigenvalue weighted by atomic mass is 16.1. The molecule has 0 rings (SSSR count). The molecule has 12 heavy (non-hydrogen) atoms. The summed E-state index contributed by atoms with van der Waals surface area (Å²) in [4.78, 5) is 12.1. The van der Waals surface area contributed by atoms with Crippen molar-refractivity contribution in [2.45, 2.75) is 13.3 Å². The van der Waals surface area contributed by atoms with Crippen LogP contribution in [0.2, 0.25) is 0 Å². The highest BCUT2D eigenvalue weighted by Gasteiger charge is 1.94. The third-order valence-corrected chi connectivity index (χ3v) is 1.37. The molecule has 1 amide bonds. The molecule has 4 heteroatoms. The van der Waals surface area contributed by atoms with Gasteiger partial charge in [0.2, 0.25) is 5.91 Å². The molecule has 0 aromatic heterocycles. The molecule has 0 unspecified atom stereocenters. The van der Waals surface area contributed by atoms with Crippen LogP contribution in [0.3, 0.4) is 0 Å². The minimum Gasteiger partial charge on any atom is -0.356 e. The van der Waals surface area contributed by atoms with Gasteiger partial charge in [0.1, 0.15) is 0 Å². The Kier molecular flexibility index (Phi) is 5.69. The van der Waals surface area contributed by atoms with Crippen LogP contribution in [-0.2, 0) is 4.79 Å². The first-order valence-corrected chi connectivity index (χ1v) is 3.84. The molecular weight excluding hydrogens is 154 g/mol. The molecule has 0 aliphatic heterocycles. The first-order chi connectivity index (χ1) is 5.70. The van der Waals surface area contributed by atoms with E-state index < -0.39 is 0 Å². The van der Waals surface area contributed by atoms with Gasteiger partial charge in [0.15, 0.2) is 0 Å². The van der Waals surface area contributed by atoms with E-state index in [9.17, 15) is 4.79 Å². The van der Waals surface area contributed by atoms with Gasteiger partial charge in [-0.05, 0) is 12.6 Å². The molecule has 0 aliphatic rings. The van der Waals surface area contributed by atoms with Crippen LogP contribution in [0.25, 0.3) is 0 Å². The Bertz CT molecular complexity index is 160. The summed E-state index contributed by atoms with van der Waals surface area (Å²) in [5, 5.41) is 9.60. The summed E-state index contributed by atoms with van der Waals surface area (Å²) in [7, 11) is 0. The summed E-state index contributed by atoms with van der Waals surface area (Å²) in [5.74, 6) is -0.0185. The van der Waals surface area contributed by atoms with E-state index in [4.69, 9.17) is 5.41 Å². The van der Waals surface area contributed by atoms with E-state index in [1.165, 1.54) is 13.3 Å². The summed E-state index contributed by atoms with van der Waals surface area (Å²) in [6.07, 6.45) is 3.61. The normalized spacial score (nSPS) is 8.75. The van der Waals surface area contributed by atoms with Crippen molar-refractivity contribution >= 4 is 12.2 Å². The van der Waals surface area contributed by atoms with E-state index in [0.717, 1.165) is 6.42 Å². The topological polar surface area (TPSA) is 56.2 Å². The maximum atomic E-state index is 10.4. The summed E-state index contributed by atoms with van der Waals surface area (Å²) in [6.45, 7) is 6.38. The van der Waals surface area contributed by atoms with Crippen LogP contribution in [0.15, 0.2) is 12.8 Å². The van der Waals surface area contributed by atoms with Crippen molar-refractivity contribution in [3.63, 3.8) is 0 Å².